The van der Waals surface area contributed by atoms with E-state index in [1.807, 2.05) is 24.3 Å². The van der Waals surface area contributed by atoms with E-state index in [0.717, 1.165) is 47.2 Å². The van der Waals surface area contributed by atoms with E-state index < -0.39 is 0 Å². The third-order valence-corrected chi connectivity index (χ3v) is 5.28. The quantitative estimate of drug-likeness (QED) is 0.415. The average molecular weight is 417 g/mol. The van der Waals surface area contributed by atoms with Gasteiger partial charge >= 0.3 is 0 Å². The Morgan fingerprint density at radius 1 is 0.871 bits per heavy atom. The highest BCUT2D eigenvalue weighted by atomic mass is 16.5. The molecule has 1 N–H and O–H groups in total. The summed E-state index contributed by atoms with van der Waals surface area (Å²) in [4.78, 5) is 11.9. The maximum Gasteiger partial charge on any atom is 0.162 e. The van der Waals surface area contributed by atoms with E-state index in [9.17, 15) is 0 Å². The molecule has 4 aromatic rings. The molecule has 31 heavy (non-hydrogen) atoms. The normalized spacial score (nSPS) is 11.3. The molecular weight excluding hydrogens is 388 g/mol. The molecule has 0 amide bonds. The van der Waals surface area contributed by atoms with Crippen LogP contribution < -0.4 is 14.8 Å². The number of nitrogens with one attached hydrogen (secondary N) is 1. The zero-order valence-electron chi connectivity index (χ0n) is 18.5. The van der Waals surface area contributed by atoms with Gasteiger partial charge in [0.2, 0.25) is 0 Å². The summed E-state index contributed by atoms with van der Waals surface area (Å²) in [5.41, 5.74) is 1.79. The molecule has 6 nitrogen and oxygen atoms in total. The van der Waals surface area contributed by atoms with Crippen LogP contribution in [0, 0.1) is 0 Å². The molecule has 1 heterocycles. The average Bonchev–Trinajstić information content (AvgIpc) is 2.80. The number of nitrogens with zero attached hydrogens (tertiary/aromatic N) is 3. The number of rotatable bonds is 8. The molecule has 0 unspecified atom stereocenters. The number of aromatic nitrogens is 2. The second kappa shape index (κ2) is 9.18. The van der Waals surface area contributed by atoms with Gasteiger partial charge in [0.05, 0.1) is 19.7 Å². The highest BCUT2D eigenvalue weighted by molar-refractivity contribution is 5.94. The van der Waals surface area contributed by atoms with Crippen LogP contribution in [-0.4, -0.2) is 56.3 Å². The van der Waals surface area contributed by atoms with Gasteiger partial charge in [0, 0.05) is 23.6 Å². The summed E-state index contributed by atoms with van der Waals surface area (Å²) in [7, 11) is 7.43. The minimum atomic E-state index is 0.650. The number of benzene rings is 3. The van der Waals surface area contributed by atoms with Crippen LogP contribution in [0.3, 0.4) is 0 Å². The number of ether oxygens (including phenoxy) is 2. The van der Waals surface area contributed by atoms with Crippen LogP contribution in [0.2, 0.25) is 0 Å². The fraction of sp³-hybridized carbons (Fsp3) is 0.280. The first kappa shape index (κ1) is 20.9. The van der Waals surface area contributed by atoms with Crippen molar-refractivity contribution in [3.63, 3.8) is 0 Å². The van der Waals surface area contributed by atoms with E-state index >= 15 is 0 Å². The van der Waals surface area contributed by atoms with E-state index in [2.05, 4.69) is 54.6 Å². The predicted octanol–water partition coefficient (Wildman–Crippen LogP) is 4.83. The maximum absolute atomic E-state index is 5.50. The second-order valence-electron chi connectivity index (χ2n) is 7.77. The van der Waals surface area contributed by atoms with E-state index in [-0.39, 0.29) is 0 Å². The Hall–Kier alpha value is -3.38. The van der Waals surface area contributed by atoms with Gasteiger partial charge in [-0.3, -0.25) is 0 Å². The number of hydrogen-bond acceptors (Lipinski definition) is 6. The highest BCUT2D eigenvalue weighted by Crippen LogP contribution is 2.35. The van der Waals surface area contributed by atoms with Gasteiger partial charge in [-0.05, 0) is 50.0 Å². The van der Waals surface area contributed by atoms with E-state index in [0.29, 0.717) is 17.3 Å². The van der Waals surface area contributed by atoms with Crippen molar-refractivity contribution in [3.8, 4) is 22.9 Å². The molecule has 0 aliphatic rings. The lowest BCUT2D eigenvalue weighted by molar-refractivity contribution is 0.356. The summed E-state index contributed by atoms with van der Waals surface area (Å²) in [5.74, 6) is 2.79. The van der Waals surface area contributed by atoms with Gasteiger partial charge in [-0.15, -0.1) is 0 Å². The molecule has 4 rings (SSSR count). The molecule has 0 saturated carbocycles. The monoisotopic (exact) mass is 416 g/mol. The smallest absolute Gasteiger partial charge is 0.162 e. The van der Waals surface area contributed by atoms with Gasteiger partial charge < -0.3 is 19.7 Å². The predicted molar refractivity (Wildman–Crippen MR) is 127 cm³/mol. The van der Waals surface area contributed by atoms with Crippen molar-refractivity contribution in [1.82, 2.24) is 14.9 Å². The van der Waals surface area contributed by atoms with Gasteiger partial charge in [-0.25, -0.2) is 9.97 Å². The van der Waals surface area contributed by atoms with E-state index in [4.69, 9.17) is 19.4 Å². The number of methoxy groups -OCH3 is 2. The van der Waals surface area contributed by atoms with Gasteiger partial charge in [-0.1, -0.05) is 36.4 Å². The Morgan fingerprint density at radius 3 is 2.35 bits per heavy atom. The molecule has 0 aliphatic heterocycles. The van der Waals surface area contributed by atoms with Crippen LogP contribution in [-0.2, 0) is 0 Å². The molecule has 0 fully saturated rings. The molecule has 3 aromatic carbocycles. The first-order chi connectivity index (χ1) is 15.1. The first-order valence-electron chi connectivity index (χ1n) is 10.4. The number of fused-ring (bicyclic) bond motifs is 2. The molecule has 6 heteroatoms. The molecule has 1 aromatic heterocycles. The Labute approximate surface area is 182 Å². The highest BCUT2D eigenvalue weighted by Gasteiger charge is 2.14. The van der Waals surface area contributed by atoms with Crippen LogP contribution in [0.1, 0.15) is 6.42 Å². The minimum absolute atomic E-state index is 0.650. The van der Waals surface area contributed by atoms with Crippen molar-refractivity contribution in [2.45, 2.75) is 6.42 Å². The van der Waals surface area contributed by atoms with Crippen LogP contribution in [0.4, 0.5) is 5.82 Å². The van der Waals surface area contributed by atoms with Gasteiger partial charge in [0.15, 0.2) is 17.3 Å². The summed E-state index contributed by atoms with van der Waals surface area (Å²) < 4.78 is 11.0. The Kier molecular flexibility index (Phi) is 6.18. The first-order valence-corrected chi connectivity index (χ1v) is 10.4. The number of hydrogen-bond donors (Lipinski definition) is 1. The van der Waals surface area contributed by atoms with Crippen molar-refractivity contribution in [2.24, 2.45) is 0 Å². The minimum Gasteiger partial charge on any atom is -0.493 e. The summed E-state index contributed by atoms with van der Waals surface area (Å²) in [6.45, 7) is 1.82. The molecule has 0 bridgehead atoms. The topological polar surface area (TPSA) is 59.5 Å². The summed E-state index contributed by atoms with van der Waals surface area (Å²) in [6.07, 6.45) is 1.01. The fourth-order valence-electron chi connectivity index (χ4n) is 3.65. The Morgan fingerprint density at radius 2 is 1.61 bits per heavy atom. The maximum atomic E-state index is 5.50. The largest absolute Gasteiger partial charge is 0.493 e. The van der Waals surface area contributed by atoms with Crippen LogP contribution in [0.15, 0.2) is 54.6 Å². The lowest BCUT2D eigenvalue weighted by Gasteiger charge is -2.15. The zero-order valence-corrected chi connectivity index (χ0v) is 18.5. The molecule has 0 saturated heterocycles. The van der Waals surface area contributed by atoms with E-state index in [1.165, 1.54) is 5.39 Å². The van der Waals surface area contributed by atoms with E-state index in [1.54, 1.807) is 14.2 Å². The summed E-state index contributed by atoms with van der Waals surface area (Å²) in [6, 6.07) is 18.5. The number of anilines is 1. The molecular formula is C25H28N4O2. The summed E-state index contributed by atoms with van der Waals surface area (Å²) in [5, 5.41) is 6.77. The van der Waals surface area contributed by atoms with Crippen molar-refractivity contribution < 1.29 is 9.47 Å². The third-order valence-electron chi connectivity index (χ3n) is 5.28. The van der Waals surface area contributed by atoms with Crippen LogP contribution in [0.5, 0.6) is 11.5 Å². The van der Waals surface area contributed by atoms with Crippen LogP contribution >= 0.6 is 0 Å². The van der Waals surface area contributed by atoms with Crippen molar-refractivity contribution in [2.75, 3.05) is 46.7 Å². The van der Waals surface area contributed by atoms with Crippen molar-refractivity contribution in [1.29, 1.82) is 0 Å². The zero-order chi connectivity index (χ0) is 21.8. The lowest BCUT2D eigenvalue weighted by atomic mass is 10.1. The van der Waals surface area contributed by atoms with Crippen molar-refractivity contribution >= 4 is 27.5 Å². The standard InChI is InChI=1S/C25H28N4O2/c1-29(2)13-7-12-26-25-20-15-22(30-3)23(31-4)16-21(20)27-24(28-25)19-11-10-17-8-5-6-9-18(17)14-19/h5-6,8-11,14-16H,7,12-13H2,1-4H3,(H,26,27,28). The molecule has 0 aliphatic carbocycles. The fourth-order valence-corrected chi connectivity index (χ4v) is 3.65. The van der Waals surface area contributed by atoms with Gasteiger partial charge in [0.25, 0.3) is 0 Å². The molecule has 160 valence electrons. The SMILES string of the molecule is COc1cc2nc(-c3ccc4ccccc4c3)nc(NCCCN(C)C)c2cc1OC. The molecule has 0 radical (unpaired) electrons. The van der Waals surface area contributed by atoms with Gasteiger partial charge in [0.1, 0.15) is 5.82 Å². The second-order valence-corrected chi connectivity index (χ2v) is 7.77. The molecule has 0 atom stereocenters. The van der Waals surface area contributed by atoms with Crippen LogP contribution in [0.25, 0.3) is 33.1 Å². The third kappa shape index (κ3) is 4.54. The van der Waals surface area contributed by atoms with Crippen molar-refractivity contribution in [3.05, 3.63) is 54.6 Å². The Bertz CT molecular complexity index is 1210. The lowest BCUT2D eigenvalue weighted by Crippen LogP contribution is -2.17. The molecule has 0 spiro atoms. The summed E-state index contributed by atoms with van der Waals surface area (Å²) >= 11 is 0. The Balaban J connectivity index is 1.80. The van der Waals surface area contributed by atoms with Gasteiger partial charge in [-0.2, -0.15) is 0 Å².